The third kappa shape index (κ3) is 3.27. The number of carbonyl (C=O) groups is 1. The zero-order valence-corrected chi connectivity index (χ0v) is 17.5. The molecule has 4 aromatic rings. The Kier molecular flexibility index (Phi) is 4.55. The van der Waals surface area contributed by atoms with Crippen LogP contribution in [0.25, 0.3) is 22.1 Å². The van der Waals surface area contributed by atoms with Crippen molar-refractivity contribution in [2.45, 2.75) is 12.3 Å². The van der Waals surface area contributed by atoms with Crippen LogP contribution in [0.15, 0.2) is 74.5 Å². The number of hydrogen-bond acceptors (Lipinski definition) is 6. The molecule has 0 aliphatic carbocycles. The van der Waals surface area contributed by atoms with E-state index in [1.165, 1.54) is 24.5 Å². The molecule has 1 atom stereocenters. The van der Waals surface area contributed by atoms with Crippen molar-refractivity contribution in [1.29, 1.82) is 0 Å². The SMILES string of the molecule is O=C1C[C@@H](c2ccc(Br)cc2)c2c(cc(O)c3c(=O)c(-c4ccc(O)cc4)coc23)O1. The lowest BCUT2D eigenvalue weighted by atomic mass is 9.85. The van der Waals surface area contributed by atoms with Gasteiger partial charge >= 0.3 is 5.97 Å². The summed E-state index contributed by atoms with van der Waals surface area (Å²) in [5.41, 5.74) is 1.96. The molecule has 5 rings (SSSR count). The van der Waals surface area contributed by atoms with Crippen LogP contribution < -0.4 is 10.2 Å². The predicted molar refractivity (Wildman–Crippen MR) is 117 cm³/mol. The summed E-state index contributed by atoms with van der Waals surface area (Å²) in [7, 11) is 0. The zero-order chi connectivity index (χ0) is 21.7. The van der Waals surface area contributed by atoms with Crippen LogP contribution >= 0.6 is 15.9 Å². The Labute approximate surface area is 184 Å². The molecule has 1 aromatic heterocycles. The largest absolute Gasteiger partial charge is 0.508 e. The smallest absolute Gasteiger partial charge is 0.312 e. The summed E-state index contributed by atoms with van der Waals surface area (Å²) in [5, 5.41) is 20.1. The molecule has 2 N–H and O–H groups in total. The lowest BCUT2D eigenvalue weighted by molar-refractivity contribution is -0.135. The number of phenols is 2. The van der Waals surface area contributed by atoms with Gasteiger partial charge in [-0.3, -0.25) is 9.59 Å². The van der Waals surface area contributed by atoms with E-state index in [9.17, 15) is 19.8 Å². The topological polar surface area (TPSA) is 97.0 Å². The highest BCUT2D eigenvalue weighted by Gasteiger charge is 2.33. The Balaban J connectivity index is 1.77. The first-order chi connectivity index (χ1) is 14.9. The summed E-state index contributed by atoms with van der Waals surface area (Å²) in [6, 6.07) is 14.9. The molecule has 0 saturated heterocycles. The number of ether oxygens (including phenoxy) is 1. The Morgan fingerprint density at radius 1 is 0.968 bits per heavy atom. The molecule has 0 saturated carbocycles. The molecule has 3 aromatic carbocycles. The summed E-state index contributed by atoms with van der Waals surface area (Å²) < 4.78 is 12.1. The highest BCUT2D eigenvalue weighted by molar-refractivity contribution is 9.10. The molecule has 0 spiro atoms. The summed E-state index contributed by atoms with van der Waals surface area (Å²) in [5.74, 6) is -0.899. The molecular weight excluding hydrogens is 464 g/mol. The first kappa shape index (κ1) is 19.4. The van der Waals surface area contributed by atoms with E-state index < -0.39 is 17.3 Å². The molecule has 1 aliphatic heterocycles. The molecule has 154 valence electrons. The summed E-state index contributed by atoms with van der Waals surface area (Å²) in [4.78, 5) is 25.5. The molecule has 0 unspecified atom stereocenters. The van der Waals surface area contributed by atoms with E-state index in [0.717, 1.165) is 10.0 Å². The molecule has 2 heterocycles. The Morgan fingerprint density at radius 2 is 1.68 bits per heavy atom. The van der Waals surface area contributed by atoms with Gasteiger partial charge in [-0.1, -0.05) is 40.2 Å². The molecule has 0 radical (unpaired) electrons. The van der Waals surface area contributed by atoms with Gasteiger partial charge in [-0.15, -0.1) is 0 Å². The van der Waals surface area contributed by atoms with Gasteiger partial charge in [-0.2, -0.15) is 0 Å². The fourth-order valence-electron chi connectivity index (χ4n) is 3.95. The van der Waals surface area contributed by atoms with Crippen LogP contribution in [0, 0.1) is 0 Å². The number of hydrogen-bond donors (Lipinski definition) is 2. The van der Waals surface area contributed by atoms with Crippen molar-refractivity contribution in [3.05, 3.63) is 86.7 Å². The Hall–Kier alpha value is -3.58. The highest BCUT2D eigenvalue weighted by atomic mass is 79.9. The second-order valence-corrected chi connectivity index (χ2v) is 8.24. The summed E-state index contributed by atoms with van der Waals surface area (Å²) >= 11 is 3.41. The number of esters is 1. The van der Waals surface area contributed by atoms with Crippen LogP contribution in [0.1, 0.15) is 23.5 Å². The average Bonchev–Trinajstić information content (AvgIpc) is 2.74. The van der Waals surface area contributed by atoms with Gasteiger partial charge in [0.2, 0.25) is 5.43 Å². The lowest BCUT2D eigenvalue weighted by Gasteiger charge is -2.26. The minimum atomic E-state index is -0.428. The molecule has 1 aliphatic rings. The maximum atomic E-state index is 13.3. The quantitative estimate of drug-likeness (QED) is 0.308. The fourth-order valence-corrected chi connectivity index (χ4v) is 4.22. The van der Waals surface area contributed by atoms with E-state index in [2.05, 4.69) is 15.9 Å². The van der Waals surface area contributed by atoms with Gasteiger partial charge in [0.15, 0.2) is 0 Å². The number of benzene rings is 3. The van der Waals surface area contributed by atoms with E-state index in [4.69, 9.17) is 9.15 Å². The number of carbonyl (C=O) groups excluding carboxylic acids is 1. The fraction of sp³-hybridized carbons (Fsp3) is 0.0833. The van der Waals surface area contributed by atoms with Gasteiger partial charge in [0.05, 0.1) is 12.0 Å². The first-order valence-electron chi connectivity index (χ1n) is 9.49. The number of fused-ring (bicyclic) bond motifs is 3. The van der Waals surface area contributed by atoms with E-state index in [1.54, 1.807) is 12.1 Å². The third-order valence-corrected chi connectivity index (χ3v) is 5.95. The van der Waals surface area contributed by atoms with Gasteiger partial charge in [0.1, 0.15) is 34.5 Å². The average molecular weight is 479 g/mol. The van der Waals surface area contributed by atoms with Crippen molar-refractivity contribution in [1.82, 2.24) is 0 Å². The molecule has 7 heteroatoms. The second kappa shape index (κ2) is 7.28. The maximum Gasteiger partial charge on any atom is 0.312 e. The van der Waals surface area contributed by atoms with Gasteiger partial charge in [0, 0.05) is 22.0 Å². The molecule has 0 fully saturated rings. The van der Waals surface area contributed by atoms with Crippen LogP contribution in [-0.4, -0.2) is 16.2 Å². The Morgan fingerprint density at radius 3 is 2.39 bits per heavy atom. The molecule has 31 heavy (non-hydrogen) atoms. The molecule has 0 amide bonds. The minimum Gasteiger partial charge on any atom is -0.508 e. The number of phenolic OH excluding ortho intramolecular Hbond substituents is 2. The van der Waals surface area contributed by atoms with Gasteiger partial charge < -0.3 is 19.4 Å². The molecular formula is C24H15BrO6. The van der Waals surface area contributed by atoms with Crippen molar-refractivity contribution in [2.24, 2.45) is 0 Å². The van der Waals surface area contributed by atoms with E-state index >= 15 is 0 Å². The van der Waals surface area contributed by atoms with Gasteiger partial charge in [0.25, 0.3) is 0 Å². The second-order valence-electron chi connectivity index (χ2n) is 7.32. The normalized spacial score (nSPS) is 15.5. The number of rotatable bonds is 2. The van der Waals surface area contributed by atoms with Crippen molar-refractivity contribution < 1.29 is 24.2 Å². The lowest BCUT2D eigenvalue weighted by Crippen LogP contribution is -2.22. The maximum absolute atomic E-state index is 13.3. The van der Waals surface area contributed by atoms with Crippen molar-refractivity contribution in [2.75, 3.05) is 0 Å². The van der Waals surface area contributed by atoms with Crippen LogP contribution in [-0.2, 0) is 4.79 Å². The van der Waals surface area contributed by atoms with Crippen LogP contribution in [0.4, 0.5) is 0 Å². The summed E-state index contributed by atoms with van der Waals surface area (Å²) in [6.07, 6.45) is 1.41. The van der Waals surface area contributed by atoms with Gasteiger partial charge in [-0.05, 0) is 35.4 Å². The first-order valence-corrected chi connectivity index (χ1v) is 10.3. The third-order valence-electron chi connectivity index (χ3n) is 5.42. The standard InChI is InChI=1S/C24H15BrO6/c25-14-5-1-12(2-6-14)16-9-20(28)31-19-10-18(27)22-23(29)17(11-30-24(22)21(16)19)13-3-7-15(26)8-4-13/h1-8,10-11,16,26-27H,9H2/t16-/m0/s1. The van der Waals surface area contributed by atoms with Crippen molar-refractivity contribution in [3.8, 4) is 28.4 Å². The van der Waals surface area contributed by atoms with E-state index in [-0.39, 0.29) is 40.2 Å². The van der Waals surface area contributed by atoms with Crippen LogP contribution in [0.2, 0.25) is 0 Å². The van der Waals surface area contributed by atoms with Crippen molar-refractivity contribution in [3.63, 3.8) is 0 Å². The number of aromatic hydroxyl groups is 2. The van der Waals surface area contributed by atoms with E-state index in [1.807, 2.05) is 24.3 Å². The van der Waals surface area contributed by atoms with Crippen LogP contribution in [0.5, 0.6) is 17.2 Å². The Bertz CT molecular complexity index is 1390. The van der Waals surface area contributed by atoms with E-state index in [0.29, 0.717) is 11.1 Å². The summed E-state index contributed by atoms with van der Waals surface area (Å²) in [6.45, 7) is 0. The minimum absolute atomic E-state index is 0.0179. The van der Waals surface area contributed by atoms with Gasteiger partial charge in [-0.25, -0.2) is 0 Å². The molecule has 6 nitrogen and oxygen atoms in total. The highest BCUT2D eigenvalue weighted by Crippen LogP contribution is 2.45. The monoisotopic (exact) mass is 478 g/mol. The number of halogens is 1. The molecule has 0 bridgehead atoms. The van der Waals surface area contributed by atoms with Crippen molar-refractivity contribution >= 4 is 32.9 Å². The zero-order valence-electron chi connectivity index (χ0n) is 16.0. The predicted octanol–water partition coefficient (Wildman–Crippen LogP) is 5.07. The van der Waals surface area contributed by atoms with Crippen LogP contribution in [0.3, 0.4) is 0 Å².